The van der Waals surface area contributed by atoms with E-state index in [0.29, 0.717) is 17.7 Å². The van der Waals surface area contributed by atoms with Crippen molar-refractivity contribution in [2.75, 3.05) is 12.8 Å². The molecule has 3 rings (SSSR count). The summed E-state index contributed by atoms with van der Waals surface area (Å²) in [5.74, 6) is 2.84. The van der Waals surface area contributed by atoms with Crippen LogP contribution in [0.5, 0.6) is 5.75 Å². The molecule has 0 atom stereocenters. The van der Waals surface area contributed by atoms with Crippen LogP contribution in [-0.4, -0.2) is 33.8 Å². The molecule has 3 aromatic rings. The molecule has 142 valence electrons. The van der Waals surface area contributed by atoms with Crippen LogP contribution in [0, 0.1) is 13.8 Å². The number of aryl methyl sites for hydroxylation is 2. The van der Waals surface area contributed by atoms with Crippen molar-refractivity contribution in [3.63, 3.8) is 0 Å². The Bertz CT molecular complexity index is 906. The van der Waals surface area contributed by atoms with Crippen molar-refractivity contribution in [2.45, 2.75) is 32.2 Å². The van der Waals surface area contributed by atoms with Gasteiger partial charge in [0.1, 0.15) is 17.3 Å². The molecular weight excluding hydrogens is 366 g/mol. The second-order valence-corrected chi connectivity index (χ2v) is 7.04. The number of nitrogens with zero attached hydrogens (tertiary/aromatic N) is 3. The maximum Gasteiger partial charge on any atom is 0.277 e. The Morgan fingerprint density at radius 3 is 2.78 bits per heavy atom. The minimum absolute atomic E-state index is 0.0511. The molecule has 2 heterocycles. The van der Waals surface area contributed by atoms with Crippen molar-refractivity contribution in [3.8, 4) is 5.75 Å². The van der Waals surface area contributed by atoms with E-state index in [1.54, 1.807) is 11.9 Å². The van der Waals surface area contributed by atoms with Crippen molar-refractivity contribution < 1.29 is 18.4 Å². The van der Waals surface area contributed by atoms with E-state index in [2.05, 4.69) is 10.2 Å². The molecule has 1 aromatic carbocycles. The van der Waals surface area contributed by atoms with Gasteiger partial charge in [0.2, 0.25) is 5.91 Å². The number of thioether (sulfide) groups is 1. The summed E-state index contributed by atoms with van der Waals surface area (Å²) >= 11 is 1.20. The van der Waals surface area contributed by atoms with Crippen molar-refractivity contribution in [1.29, 1.82) is 0 Å². The third kappa shape index (κ3) is 5.62. The quantitative estimate of drug-likeness (QED) is 0.546. The van der Waals surface area contributed by atoms with Gasteiger partial charge in [-0.1, -0.05) is 23.9 Å². The van der Waals surface area contributed by atoms with Crippen LogP contribution < -0.4 is 4.74 Å². The molecule has 0 saturated carbocycles. The molecule has 0 saturated heterocycles. The highest BCUT2D eigenvalue weighted by Gasteiger charge is 2.14. The Hall–Kier alpha value is -2.74. The van der Waals surface area contributed by atoms with Crippen LogP contribution in [0.2, 0.25) is 0 Å². The highest BCUT2D eigenvalue weighted by Crippen LogP contribution is 2.19. The smallest absolute Gasteiger partial charge is 0.277 e. The zero-order valence-corrected chi connectivity index (χ0v) is 16.3. The fraction of sp³-hybridized carbons (Fsp3) is 0.316. The van der Waals surface area contributed by atoms with Crippen LogP contribution in [0.25, 0.3) is 0 Å². The molecule has 0 aliphatic carbocycles. The van der Waals surface area contributed by atoms with Gasteiger partial charge in [-0.05, 0) is 43.7 Å². The molecule has 7 nitrogen and oxygen atoms in total. The summed E-state index contributed by atoms with van der Waals surface area (Å²) in [5, 5.41) is 8.23. The zero-order valence-electron chi connectivity index (χ0n) is 15.5. The minimum atomic E-state index is -0.0511. The molecule has 0 aliphatic heterocycles. The van der Waals surface area contributed by atoms with Crippen LogP contribution in [0.4, 0.5) is 0 Å². The number of benzene rings is 1. The first kappa shape index (κ1) is 19.0. The first-order chi connectivity index (χ1) is 13.0. The molecule has 0 unspecified atom stereocenters. The summed E-state index contributed by atoms with van der Waals surface area (Å²) in [6.07, 6.45) is 0. The molecule has 0 spiro atoms. The minimum Gasteiger partial charge on any atom is -0.484 e. The predicted molar refractivity (Wildman–Crippen MR) is 100 cm³/mol. The number of ether oxygens (including phenoxy) is 1. The summed E-state index contributed by atoms with van der Waals surface area (Å²) < 4.78 is 16.6. The fourth-order valence-corrected chi connectivity index (χ4v) is 3.05. The van der Waals surface area contributed by atoms with E-state index >= 15 is 0 Å². The second kappa shape index (κ2) is 8.77. The molecule has 0 fully saturated rings. The number of amides is 1. The summed E-state index contributed by atoms with van der Waals surface area (Å²) in [6, 6.07) is 11.5. The average Bonchev–Trinajstić information content (AvgIpc) is 3.26. The van der Waals surface area contributed by atoms with Gasteiger partial charge >= 0.3 is 0 Å². The number of carbonyl (C=O) groups is 1. The number of furan rings is 1. The fourth-order valence-electron chi connectivity index (χ4n) is 2.33. The molecule has 0 radical (unpaired) electrons. The maximum atomic E-state index is 12.2. The topological polar surface area (TPSA) is 81.6 Å². The Morgan fingerprint density at radius 1 is 1.19 bits per heavy atom. The lowest BCUT2D eigenvalue weighted by atomic mass is 10.2. The van der Waals surface area contributed by atoms with Gasteiger partial charge in [0.15, 0.2) is 6.61 Å². The number of hydrogen-bond donors (Lipinski definition) is 0. The highest BCUT2D eigenvalue weighted by molar-refractivity contribution is 7.99. The molecule has 1 amide bonds. The molecule has 0 aliphatic rings. The average molecular weight is 387 g/mol. The van der Waals surface area contributed by atoms with E-state index < -0.39 is 0 Å². The van der Waals surface area contributed by atoms with E-state index in [0.717, 1.165) is 22.8 Å². The largest absolute Gasteiger partial charge is 0.484 e. The summed E-state index contributed by atoms with van der Waals surface area (Å²) in [7, 11) is 1.73. The maximum absolute atomic E-state index is 12.2. The van der Waals surface area contributed by atoms with E-state index in [1.807, 2.05) is 50.2 Å². The molecule has 27 heavy (non-hydrogen) atoms. The van der Waals surface area contributed by atoms with Gasteiger partial charge in [-0.2, -0.15) is 0 Å². The van der Waals surface area contributed by atoms with Crippen LogP contribution in [0.3, 0.4) is 0 Å². The molecule has 8 heteroatoms. The van der Waals surface area contributed by atoms with Gasteiger partial charge in [0, 0.05) is 7.05 Å². The lowest BCUT2D eigenvalue weighted by Gasteiger charge is -2.14. The van der Waals surface area contributed by atoms with Crippen molar-refractivity contribution >= 4 is 17.7 Å². The zero-order chi connectivity index (χ0) is 19.2. The van der Waals surface area contributed by atoms with Gasteiger partial charge < -0.3 is 18.5 Å². The molecule has 0 N–H and O–H groups in total. The number of rotatable bonds is 8. The van der Waals surface area contributed by atoms with E-state index in [4.69, 9.17) is 13.6 Å². The van der Waals surface area contributed by atoms with Crippen LogP contribution in [-0.2, 0) is 17.9 Å². The van der Waals surface area contributed by atoms with Crippen molar-refractivity contribution in [2.24, 2.45) is 0 Å². The highest BCUT2D eigenvalue weighted by atomic mass is 32.2. The lowest BCUT2D eigenvalue weighted by molar-refractivity contribution is -0.127. The standard InChI is InChI=1S/C19H21N3O4S/c1-13-5-4-6-15(9-13)24-11-17-20-21-19(26-17)27-12-18(23)22(3)10-16-8-7-14(2)25-16/h4-9H,10-12H2,1-3H3. The van der Waals surface area contributed by atoms with Crippen molar-refractivity contribution in [1.82, 2.24) is 15.1 Å². The first-order valence-corrected chi connectivity index (χ1v) is 9.42. The van der Waals surface area contributed by atoms with Gasteiger partial charge in [-0.25, -0.2) is 0 Å². The SMILES string of the molecule is Cc1cccc(OCc2nnc(SCC(=O)N(C)Cc3ccc(C)o3)o2)c1. The molecular formula is C19H21N3O4S. The first-order valence-electron chi connectivity index (χ1n) is 8.43. The third-order valence-electron chi connectivity index (χ3n) is 3.73. The summed E-state index contributed by atoms with van der Waals surface area (Å²) in [5.41, 5.74) is 1.11. The van der Waals surface area contributed by atoms with E-state index in [9.17, 15) is 4.79 Å². The van der Waals surface area contributed by atoms with Gasteiger partial charge in [-0.15, -0.1) is 10.2 Å². The number of hydrogen-bond acceptors (Lipinski definition) is 7. The normalized spacial score (nSPS) is 10.8. The monoisotopic (exact) mass is 387 g/mol. The van der Waals surface area contributed by atoms with Crippen molar-refractivity contribution in [3.05, 3.63) is 59.4 Å². The Balaban J connectivity index is 1.45. The predicted octanol–water partition coefficient (Wildman–Crippen LogP) is 3.61. The Morgan fingerprint density at radius 2 is 2.04 bits per heavy atom. The van der Waals surface area contributed by atoms with E-state index in [-0.39, 0.29) is 18.3 Å². The number of carbonyl (C=O) groups excluding carboxylic acids is 1. The Labute approximate surface area is 161 Å². The van der Waals surface area contributed by atoms with Gasteiger partial charge in [0.05, 0.1) is 12.3 Å². The second-order valence-electron chi connectivity index (χ2n) is 6.12. The van der Waals surface area contributed by atoms with Gasteiger partial charge in [0.25, 0.3) is 11.1 Å². The Kier molecular flexibility index (Phi) is 6.18. The number of aromatic nitrogens is 2. The lowest BCUT2D eigenvalue weighted by Crippen LogP contribution is -2.27. The third-order valence-corrected chi connectivity index (χ3v) is 4.54. The summed E-state index contributed by atoms with van der Waals surface area (Å²) in [4.78, 5) is 13.8. The molecule has 0 bridgehead atoms. The van der Waals surface area contributed by atoms with Crippen LogP contribution in [0.15, 0.2) is 50.5 Å². The van der Waals surface area contributed by atoms with Crippen LogP contribution in [0.1, 0.15) is 23.0 Å². The van der Waals surface area contributed by atoms with Crippen LogP contribution >= 0.6 is 11.8 Å². The van der Waals surface area contributed by atoms with E-state index in [1.165, 1.54) is 11.8 Å². The molecule has 2 aromatic heterocycles. The summed E-state index contributed by atoms with van der Waals surface area (Å²) in [6.45, 7) is 4.47. The van der Waals surface area contributed by atoms with Gasteiger partial charge in [-0.3, -0.25) is 4.79 Å².